The Morgan fingerprint density at radius 3 is 2.50 bits per heavy atom. The van der Waals surface area contributed by atoms with Crippen LogP contribution in [0.25, 0.3) is 0 Å². The molecule has 20 heavy (non-hydrogen) atoms. The van der Waals surface area contributed by atoms with E-state index in [0.717, 1.165) is 25.7 Å². The van der Waals surface area contributed by atoms with E-state index in [2.05, 4.69) is 17.6 Å². The van der Waals surface area contributed by atoms with Crippen LogP contribution in [0.5, 0.6) is 0 Å². The summed E-state index contributed by atoms with van der Waals surface area (Å²) in [5.74, 6) is -0.402. The fraction of sp³-hybridized carbons (Fsp3) is 0.857. The fourth-order valence-corrected chi connectivity index (χ4v) is 2.48. The first kappa shape index (κ1) is 16.8. The molecule has 0 aromatic carbocycles. The number of methoxy groups -OCH3 is 1. The molecule has 0 bridgehead atoms. The zero-order valence-corrected chi connectivity index (χ0v) is 12.4. The third-order valence-corrected chi connectivity index (χ3v) is 3.95. The molecular formula is C14H26N2O4. The minimum atomic E-state index is -1.09. The highest BCUT2D eigenvalue weighted by atomic mass is 16.5. The molecule has 2 amide bonds. The van der Waals surface area contributed by atoms with Gasteiger partial charge in [0.2, 0.25) is 0 Å². The third-order valence-electron chi connectivity index (χ3n) is 3.95. The molecule has 0 radical (unpaired) electrons. The van der Waals surface area contributed by atoms with E-state index in [1.807, 2.05) is 0 Å². The van der Waals surface area contributed by atoms with Crippen LogP contribution in [-0.4, -0.2) is 42.9 Å². The first-order valence-electron chi connectivity index (χ1n) is 7.28. The molecule has 116 valence electrons. The molecule has 0 aromatic heterocycles. The third kappa shape index (κ3) is 5.00. The molecule has 0 aromatic rings. The van der Waals surface area contributed by atoms with Gasteiger partial charge in [0.1, 0.15) is 5.54 Å². The van der Waals surface area contributed by atoms with E-state index in [4.69, 9.17) is 4.74 Å². The number of hydrogen-bond acceptors (Lipinski definition) is 3. The summed E-state index contributed by atoms with van der Waals surface area (Å²) in [5, 5.41) is 14.8. The zero-order chi connectivity index (χ0) is 15.0. The molecule has 0 unspecified atom stereocenters. The van der Waals surface area contributed by atoms with Crippen LogP contribution in [0.3, 0.4) is 0 Å². The van der Waals surface area contributed by atoms with Crippen LogP contribution in [0.1, 0.15) is 45.4 Å². The van der Waals surface area contributed by atoms with Gasteiger partial charge in [-0.25, -0.2) is 9.59 Å². The number of ether oxygens (including phenoxy) is 1. The number of hydrogen-bond donors (Lipinski definition) is 3. The number of carboxylic acid groups (broad SMARTS) is 1. The van der Waals surface area contributed by atoms with Crippen molar-refractivity contribution in [1.82, 2.24) is 10.6 Å². The highest BCUT2D eigenvalue weighted by Gasteiger charge is 2.42. The van der Waals surface area contributed by atoms with E-state index in [0.29, 0.717) is 31.9 Å². The summed E-state index contributed by atoms with van der Waals surface area (Å²) >= 11 is 0. The van der Waals surface area contributed by atoms with E-state index in [1.165, 1.54) is 0 Å². The Labute approximate surface area is 120 Å². The Balaban J connectivity index is 2.38. The highest BCUT2D eigenvalue weighted by molar-refractivity contribution is 5.86. The predicted molar refractivity (Wildman–Crippen MR) is 75.6 cm³/mol. The summed E-state index contributed by atoms with van der Waals surface area (Å²) in [6.07, 6.45) is 4.36. The summed E-state index contributed by atoms with van der Waals surface area (Å²) < 4.78 is 4.92. The monoisotopic (exact) mass is 286 g/mol. The Kier molecular flexibility index (Phi) is 6.78. The van der Waals surface area contributed by atoms with Gasteiger partial charge < -0.3 is 20.5 Å². The van der Waals surface area contributed by atoms with Crippen molar-refractivity contribution in [3.8, 4) is 0 Å². The molecule has 1 fully saturated rings. The van der Waals surface area contributed by atoms with Crippen LogP contribution in [0.2, 0.25) is 0 Å². The van der Waals surface area contributed by atoms with E-state index >= 15 is 0 Å². The van der Waals surface area contributed by atoms with Crippen LogP contribution in [0.4, 0.5) is 4.79 Å². The summed E-state index contributed by atoms with van der Waals surface area (Å²) in [4.78, 5) is 23.3. The molecule has 1 rings (SSSR count). The average molecular weight is 286 g/mol. The summed E-state index contributed by atoms with van der Waals surface area (Å²) in [5.41, 5.74) is -1.09. The van der Waals surface area contributed by atoms with Crippen LogP contribution in [0, 0.1) is 5.92 Å². The van der Waals surface area contributed by atoms with Crippen LogP contribution < -0.4 is 10.6 Å². The van der Waals surface area contributed by atoms with Gasteiger partial charge in [-0.15, -0.1) is 0 Å². The SMILES string of the molecule is COCCCCNC(=O)NC1(C(=O)O)CCC(C)CC1. The topological polar surface area (TPSA) is 87.7 Å². The second-order valence-electron chi connectivity index (χ2n) is 5.65. The maximum Gasteiger partial charge on any atom is 0.329 e. The van der Waals surface area contributed by atoms with Crippen LogP contribution >= 0.6 is 0 Å². The normalized spacial score (nSPS) is 26.0. The first-order valence-corrected chi connectivity index (χ1v) is 7.28. The largest absolute Gasteiger partial charge is 0.480 e. The van der Waals surface area contributed by atoms with Gasteiger partial charge in [0.05, 0.1) is 0 Å². The van der Waals surface area contributed by atoms with Crippen molar-refractivity contribution in [3.05, 3.63) is 0 Å². The minimum absolute atomic E-state index is 0.389. The molecule has 6 nitrogen and oxygen atoms in total. The summed E-state index contributed by atoms with van der Waals surface area (Å²) in [7, 11) is 1.64. The Morgan fingerprint density at radius 1 is 1.30 bits per heavy atom. The number of unbranched alkanes of at least 4 members (excludes halogenated alkanes) is 1. The number of amides is 2. The molecule has 0 aliphatic heterocycles. The molecule has 1 saturated carbocycles. The summed E-state index contributed by atoms with van der Waals surface area (Å²) in [6, 6.07) is -0.389. The van der Waals surface area contributed by atoms with Gasteiger partial charge in [-0.3, -0.25) is 0 Å². The van der Waals surface area contributed by atoms with E-state index in [1.54, 1.807) is 7.11 Å². The lowest BCUT2D eigenvalue weighted by Gasteiger charge is -2.36. The van der Waals surface area contributed by atoms with Gasteiger partial charge in [0, 0.05) is 20.3 Å². The Hall–Kier alpha value is -1.30. The smallest absolute Gasteiger partial charge is 0.329 e. The second-order valence-corrected chi connectivity index (χ2v) is 5.65. The number of carbonyl (C=O) groups excluding carboxylic acids is 1. The maximum atomic E-state index is 11.8. The van der Waals surface area contributed by atoms with Gasteiger partial charge >= 0.3 is 12.0 Å². The van der Waals surface area contributed by atoms with Gasteiger partial charge in [-0.05, 0) is 44.4 Å². The number of rotatable bonds is 7. The molecular weight excluding hydrogens is 260 g/mol. The Morgan fingerprint density at radius 2 is 1.95 bits per heavy atom. The predicted octanol–water partition coefficient (Wildman–Crippen LogP) is 1.75. The van der Waals surface area contributed by atoms with E-state index in [9.17, 15) is 14.7 Å². The second kappa shape index (κ2) is 8.09. The van der Waals surface area contributed by atoms with E-state index < -0.39 is 11.5 Å². The highest BCUT2D eigenvalue weighted by Crippen LogP contribution is 2.32. The van der Waals surface area contributed by atoms with Gasteiger partial charge in [0.15, 0.2) is 0 Å². The van der Waals surface area contributed by atoms with Gasteiger partial charge in [-0.1, -0.05) is 6.92 Å². The van der Waals surface area contributed by atoms with Crippen molar-refractivity contribution in [2.24, 2.45) is 5.92 Å². The quantitative estimate of drug-likeness (QED) is 0.622. The number of urea groups is 1. The van der Waals surface area contributed by atoms with Crippen molar-refractivity contribution in [2.75, 3.05) is 20.3 Å². The molecule has 1 aliphatic carbocycles. The molecule has 0 atom stereocenters. The van der Waals surface area contributed by atoms with Crippen molar-refractivity contribution in [2.45, 2.75) is 51.0 Å². The minimum Gasteiger partial charge on any atom is -0.480 e. The maximum absolute atomic E-state index is 11.8. The molecule has 0 spiro atoms. The number of carbonyl (C=O) groups is 2. The van der Waals surface area contributed by atoms with Crippen LogP contribution in [0.15, 0.2) is 0 Å². The van der Waals surface area contributed by atoms with Crippen molar-refractivity contribution in [1.29, 1.82) is 0 Å². The standard InChI is InChI=1S/C14H26N2O4/c1-11-5-7-14(8-6-11,12(17)18)16-13(19)15-9-3-4-10-20-2/h11H,3-10H2,1-2H3,(H,17,18)(H2,15,16,19). The molecule has 1 aliphatic rings. The lowest BCUT2D eigenvalue weighted by atomic mass is 9.77. The van der Waals surface area contributed by atoms with Crippen molar-refractivity contribution in [3.63, 3.8) is 0 Å². The number of aliphatic carboxylic acids is 1. The zero-order valence-electron chi connectivity index (χ0n) is 12.4. The van der Waals surface area contributed by atoms with E-state index in [-0.39, 0.29) is 6.03 Å². The average Bonchev–Trinajstić information content (AvgIpc) is 2.41. The molecule has 0 saturated heterocycles. The van der Waals surface area contributed by atoms with Crippen molar-refractivity contribution >= 4 is 12.0 Å². The number of carboxylic acids is 1. The van der Waals surface area contributed by atoms with Crippen LogP contribution in [-0.2, 0) is 9.53 Å². The van der Waals surface area contributed by atoms with Gasteiger partial charge in [0.25, 0.3) is 0 Å². The molecule has 0 heterocycles. The van der Waals surface area contributed by atoms with Gasteiger partial charge in [-0.2, -0.15) is 0 Å². The first-order chi connectivity index (χ1) is 9.50. The molecule has 3 N–H and O–H groups in total. The lowest BCUT2D eigenvalue weighted by molar-refractivity contribution is -0.146. The summed E-state index contributed by atoms with van der Waals surface area (Å²) in [6.45, 7) is 3.31. The molecule has 6 heteroatoms. The lowest BCUT2D eigenvalue weighted by Crippen LogP contribution is -2.58. The Bertz CT molecular complexity index is 325. The van der Waals surface area contributed by atoms with Crippen molar-refractivity contribution < 1.29 is 19.4 Å². The number of nitrogens with one attached hydrogen (secondary N) is 2. The fourth-order valence-electron chi connectivity index (χ4n) is 2.48.